The molecular weight excluding hydrogens is 381 g/mol. The molecule has 0 spiro atoms. The number of benzene rings is 2. The zero-order chi connectivity index (χ0) is 19.3. The van der Waals surface area contributed by atoms with E-state index in [0.717, 1.165) is 0 Å². The van der Waals surface area contributed by atoms with Crippen LogP contribution in [0.5, 0.6) is 11.5 Å². The molecular formula is C18H17Cl2NO5. The topological polar surface area (TPSA) is 73.9 Å². The van der Waals surface area contributed by atoms with Crippen molar-refractivity contribution in [1.29, 1.82) is 0 Å². The number of halogens is 2. The van der Waals surface area contributed by atoms with Gasteiger partial charge in [0.1, 0.15) is 17.1 Å². The van der Waals surface area contributed by atoms with Crippen molar-refractivity contribution in [3.63, 3.8) is 0 Å². The van der Waals surface area contributed by atoms with Crippen molar-refractivity contribution in [3.8, 4) is 11.5 Å². The lowest BCUT2D eigenvalue weighted by Gasteiger charge is -2.16. The van der Waals surface area contributed by atoms with Gasteiger partial charge in [-0.1, -0.05) is 29.3 Å². The van der Waals surface area contributed by atoms with Crippen LogP contribution in [0.4, 0.5) is 5.69 Å². The Morgan fingerprint density at radius 1 is 1.04 bits per heavy atom. The molecule has 0 aliphatic rings. The smallest absolute Gasteiger partial charge is 0.346 e. The predicted molar refractivity (Wildman–Crippen MR) is 99.5 cm³/mol. The van der Waals surface area contributed by atoms with Crippen molar-refractivity contribution in [2.45, 2.75) is 13.0 Å². The summed E-state index contributed by atoms with van der Waals surface area (Å²) in [6.07, 6.45) is -1.08. The number of carbonyl (C=O) groups is 2. The number of nitrogens with one attached hydrogen (secondary N) is 1. The highest BCUT2D eigenvalue weighted by Gasteiger charge is 2.25. The minimum atomic E-state index is -1.08. The number of rotatable bonds is 6. The highest BCUT2D eigenvalue weighted by Crippen LogP contribution is 2.29. The van der Waals surface area contributed by atoms with Gasteiger partial charge in [0.05, 0.1) is 24.9 Å². The summed E-state index contributed by atoms with van der Waals surface area (Å²) in [6.45, 7) is 1.44. The summed E-state index contributed by atoms with van der Waals surface area (Å²) in [7, 11) is 2.84. The van der Waals surface area contributed by atoms with E-state index in [2.05, 4.69) is 5.32 Å². The van der Waals surface area contributed by atoms with E-state index in [4.69, 9.17) is 37.4 Å². The van der Waals surface area contributed by atoms with E-state index in [1.165, 1.54) is 27.2 Å². The zero-order valence-electron chi connectivity index (χ0n) is 14.3. The molecule has 0 aromatic heterocycles. The Bertz CT molecular complexity index is 803. The summed E-state index contributed by atoms with van der Waals surface area (Å²) in [4.78, 5) is 24.8. The van der Waals surface area contributed by atoms with E-state index in [1.54, 1.807) is 30.3 Å². The van der Waals surface area contributed by atoms with Gasteiger partial charge in [-0.3, -0.25) is 4.79 Å². The number of amides is 1. The van der Waals surface area contributed by atoms with Crippen LogP contribution in [-0.4, -0.2) is 32.2 Å². The summed E-state index contributed by atoms with van der Waals surface area (Å²) < 4.78 is 15.6. The Balaban J connectivity index is 2.13. The third-order valence-electron chi connectivity index (χ3n) is 3.47. The fourth-order valence-corrected chi connectivity index (χ4v) is 2.61. The van der Waals surface area contributed by atoms with Crippen LogP contribution in [0.15, 0.2) is 36.4 Å². The molecule has 26 heavy (non-hydrogen) atoms. The fraction of sp³-hybridized carbons (Fsp3) is 0.222. The molecule has 1 atom stereocenters. The molecule has 2 aromatic rings. The summed E-state index contributed by atoms with van der Waals surface area (Å²) in [6, 6.07) is 9.50. The zero-order valence-corrected chi connectivity index (χ0v) is 15.9. The van der Waals surface area contributed by atoms with Crippen LogP contribution >= 0.6 is 23.2 Å². The van der Waals surface area contributed by atoms with Crippen molar-refractivity contribution in [2.75, 3.05) is 19.5 Å². The number of esters is 1. The third kappa shape index (κ3) is 4.59. The molecule has 0 unspecified atom stereocenters. The number of anilines is 1. The first-order valence-electron chi connectivity index (χ1n) is 7.55. The number of carbonyl (C=O) groups excluding carboxylic acids is 2. The van der Waals surface area contributed by atoms with Crippen LogP contribution in [0.2, 0.25) is 10.0 Å². The maximum Gasteiger partial charge on any atom is 0.346 e. The lowest BCUT2D eigenvalue weighted by Crippen LogP contribution is -2.30. The maximum absolute atomic E-state index is 12.5. The molecule has 0 radical (unpaired) electrons. The average molecular weight is 398 g/mol. The molecule has 138 valence electrons. The van der Waals surface area contributed by atoms with Crippen LogP contribution in [0.1, 0.15) is 17.3 Å². The van der Waals surface area contributed by atoms with Crippen molar-refractivity contribution in [3.05, 3.63) is 52.0 Å². The molecule has 0 saturated carbocycles. The van der Waals surface area contributed by atoms with Crippen molar-refractivity contribution in [2.24, 2.45) is 0 Å². The van der Waals surface area contributed by atoms with Crippen molar-refractivity contribution >= 4 is 40.8 Å². The number of hydrogen-bond acceptors (Lipinski definition) is 5. The SMILES string of the molecule is COc1cccc(OC)c1C(=O)O[C@H](C)C(=O)Nc1ccc(Cl)cc1Cl. The first-order valence-corrected chi connectivity index (χ1v) is 8.30. The molecule has 8 heteroatoms. The Labute approximate surface area is 160 Å². The molecule has 0 aliphatic carbocycles. The monoisotopic (exact) mass is 397 g/mol. The minimum Gasteiger partial charge on any atom is -0.496 e. The molecule has 0 saturated heterocycles. The molecule has 6 nitrogen and oxygen atoms in total. The van der Waals surface area contributed by atoms with Gasteiger partial charge in [0.2, 0.25) is 0 Å². The van der Waals surface area contributed by atoms with Crippen molar-refractivity contribution in [1.82, 2.24) is 0 Å². The lowest BCUT2D eigenvalue weighted by molar-refractivity contribution is -0.123. The molecule has 2 rings (SSSR count). The number of methoxy groups -OCH3 is 2. The molecule has 0 bridgehead atoms. The van der Waals surface area contributed by atoms with Gasteiger partial charge in [0.15, 0.2) is 6.10 Å². The van der Waals surface area contributed by atoms with E-state index >= 15 is 0 Å². The summed E-state index contributed by atoms with van der Waals surface area (Å²) in [5, 5.41) is 3.30. The normalized spacial score (nSPS) is 11.4. The van der Waals surface area contributed by atoms with Gasteiger partial charge in [-0.2, -0.15) is 0 Å². The summed E-state index contributed by atoms with van der Waals surface area (Å²) in [5.41, 5.74) is 0.459. The average Bonchev–Trinajstić information content (AvgIpc) is 2.62. The van der Waals surface area contributed by atoms with Gasteiger partial charge in [-0.05, 0) is 37.3 Å². The highest BCUT2D eigenvalue weighted by atomic mass is 35.5. The van der Waals surface area contributed by atoms with E-state index < -0.39 is 18.0 Å². The summed E-state index contributed by atoms with van der Waals surface area (Å²) >= 11 is 11.8. The Morgan fingerprint density at radius 2 is 1.65 bits per heavy atom. The first-order chi connectivity index (χ1) is 12.4. The molecule has 0 fully saturated rings. The highest BCUT2D eigenvalue weighted by molar-refractivity contribution is 6.36. The van der Waals surface area contributed by atoms with Crippen LogP contribution in [-0.2, 0) is 9.53 Å². The largest absolute Gasteiger partial charge is 0.496 e. The number of hydrogen-bond donors (Lipinski definition) is 1. The van der Waals surface area contributed by atoms with Gasteiger partial charge < -0.3 is 19.5 Å². The molecule has 0 heterocycles. The lowest BCUT2D eigenvalue weighted by atomic mass is 10.1. The fourth-order valence-electron chi connectivity index (χ4n) is 2.15. The van der Waals surface area contributed by atoms with Crippen molar-refractivity contribution < 1.29 is 23.8 Å². The third-order valence-corrected chi connectivity index (χ3v) is 4.02. The Kier molecular flexibility index (Phi) is 6.71. The van der Waals surface area contributed by atoms with Gasteiger partial charge >= 0.3 is 5.97 Å². The van der Waals surface area contributed by atoms with Gasteiger partial charge in [-0.15, -0.1) is 0 Å². The molecule has 0 aliphatic heterocycles. The van der Waals surface area contributed by atoms with Gasteiger partial charge in [0, 0.05) is 5.02 Å². The van der Waals surface area contributed by atoms with E-state index in [0.29, 0.717) is 10.7 Å². The molecule has 2 aromatic carbocycles. The predicted octanol–water partition coefficient (Wildman–Crippen LogP) is 4.19. The van der Waals surface area contributed by atoms with Crippen LogP contribution < -0.4 is 14.8 Å². The van der Waals surface area contributed by atoms with E-state index in [-0.39, 0.29) is 22.1 Å². The van der Waals surface area contributed by atoms with Crippen LogP contribution in [0, 0.1) is 0 Å². The standard InChI is InChI=1S/C18H17Cl2NO5/c1-10(17(22)21-13-8-7-11(19)9-12(13)20)26-18(23)16-14(24-2)5-4-6-15(16)25-3/h4-10H,1-3H3,(H,21,22)/t10-/m1/s1. The Hall–Kier alpha value is -2.44. The van der Waals surface area contributed by atoms with E-state index in [1.807, 2.05) is 0 Å². The second-order valence-electron chi connectivity index (χ2n) is 5.20. The summed E-state index contributed by atoms with van der Waals surface area (Å²) in [5.74, 6) is -0.731. The van der Waals surface area contributed by atoms with Crippen LogP contribution in [0.3, 0.4) is 0 Å². The second kappa shape index (κ2) is 8.78. The first kappa shape index (κ1) is 19.9. The minimum absolute atomic E-state index is 0.0988. The Morgan fingerprint density at radius 3 is 2.19 bits per heavy atom. The number of ether oxygens (including phenoxy) is 3. The van der Waals surface area contributed by atoms with Gasteiger partial charge in [0.25, 0.3) is 5.91 Å². The van der Waals surface area contributed by atoms with Crippen LogP contribution in [0.25, 0.3) is 0 Å². The van der Waals surface area contributed by atoms with Gasteiger partial charge in [-0.25, -0.2) is 4.79 Å². The quantitative estimate of drug-likeness (QED) is 0.739. The molecule has 1 amide bonds. The molecule has 1 N–H and O–H groups in total. The maximum atomic E-state index is 12.5. The second-order valence-corrected chi connectivity index (χ2v) is 6.04. The van der Waals surface area contributed by atoms with E-state index in [9.17, 15) is 9.59 Å².